The van der Waals surface area contributed by atoms with Crippen molar-refractivity contribution in [3.8, 4) is 5.75 Å². The van der Waals surface area contributed by atoms with Crippen LogP contribution in [0.1, 0.15) is 25.3 Å². The number of aromatic nitrogens is 1. The molecule has 0 aliphatic carbocycles. The van der Waals surface area contributed by atoms with E-state index < -0.39 is 6.10 Å². The molecule has 1 amide bonds. The van der Waals surface area contributed by atoms with E-state index >= 15 is 0 Å². The van der Waals surface area contributed by atoms with Crippen LogP contribution in [0.15, 0.2) is 54.9 Å². The summed E-state index contributed by atoms with van der Waals surface area (Å²) in [6.45, 7) is 4.67. The van der Waals surface area contributed by atoms with Crippen LogP contribution in [0.4, 0.5) is 0 Å². The Bertz CT molecular complexity index is 655. The lowest BCUT2D eigenvalue weighted by Crippen LogP contribution is -2.47. The van der Waals surface area contributed by atoms with E-state index in [0.29, 0.717) is 0 Å². The van der Waals surface area contributed by atoms with E-state index in [2.05, 4.69) is 21.3 Å². The van der Waals surface area contributed by atoms with Gasteiger partial charge in [-0.1, -0.05) is 24.3 Å². The summed E-state index contributed by atoms with van der Waals surface area (Å²) >= 11 is 0. The fourth-order valence-electron chi connectivity index (χ4n) is 3.06. The smallest absolute Gasteiger partial charge is 0.260 e. The Morgan fingerprint density at radius 1 is 1.24 bits per heavy atom. The summed E-state index contributed by atoms with van der Waals surface area (Å²) in [5.41, 5.74) is 1.23. The molecule has 0 unspecified atom stereocenters. The van der Waals surface area contributed by atoms with Crippen molar-refractivity contribution in [3.05, 3.63) is 60.4 Å². The van der Waals surface area contributed by atoms with Crippen LogP contribution in [-0.4, -0.2) is 41.0 Å². The molecular weight excluding hydrogens is 314 g/mol. The number of carbonyl (C=O) groups excluding carboxylic acids is 1. The molecule has 1 saturated heterocycles. The number of ether oxygens (including phenoxy) is 1. The largest absolute Gasteiger partial charge is 0.481 e. The fraction of sp³-hybridized carbons (Fsp3) is 0.400. The molecule has 132 valence electrons. The van der Waals surface area contributed by atoms with Crippen LogP contribution in [0, 0.1) is 0 Å². The standard InChI is InChI=1S/C20H25N3O2/c1-16(25-19-7-3-2-4-8-19)20(24)22-18-9-12-23(13-10-18)15-17-6-5-11-21-14-17/h2-8,11,14,16,18H,9-10,12-13,15H2,1H3,(H,22,24)/t16-/m0/s1. The number of piperidine rings is 1. The molecule has 3 rings (SSSR count). The predicted molar refractivity (Wildman–Crippen MR) is 97.2 cm³/mol. The van der Waals surface area contributed by atoms with Crippen molar-refractivity contribution in [2.75, 3.05) is 13.1 Å². The van der Waals surface area contributed by atoms with Crippen LogP contribution in [0.2, 0.25) is 0 Å². The van der Waals surface area contributed by atoms with E-state index in [9.17, 15) is 4.79 Å². The molecule has 2 aromatic rings. The van der Waals surface area contributed by atoms with Crippen molar-refractivity contribution in [2.45, 2.75) is 38.5 Å². The summed E-state index contributed by atoms with van der Waals surface area (Å²) in [4.78, 5) is 18.9. The molecule has 1 fully saturated rings. The van der Waals surface area contributed by atoms with E-state index in [1.54, 1.807) is 13.1 Å². The van der Waals surface area contributed by atoms with Crippen LogP contribution in [0.5, 0.6) is 5.75 Å². The number of benzene rings is 1. The van der Waals surface area contributed by atoms with Gasteiger partial charge in [0.1, 0.15) is 5.75 Å². The van der Waals surface area contributed by atoms with Gasteiger partial charge in [-0.05, 0) is 43.5 Å². The number of nitrogens with one attached hydrogen (secondary N) is 1. The number of carbonyl (C=O) groups is 1. The van der Waals surface area contributed by atoms with Gasteiger partial charge in [0.15, 0.2) is 6.10 Å². The first-order valence-electron chi connectivity index (χ1n) is 8.84. The van der Waals surface area contributed by atoms with Gasteiger partial charge in [0.25, 0.3) is 5.91 Å². The maximum absolute atomic E-state index is 12.3. The first kappa shape index (κ1) is 17.4. The van der Waals surface area contributed by atoms with Crippen molar-refractivity contribution in [1.29, 1.82) is 0 Å². The zero-order valence-electron chi connectivity index (χ0n) is 14.6. The second-order valence-corrected chi connectivity index (χ2v) is 6.49. The van der Waals surface area contributed by atoms with Gasteiger partial charge in [-0.2, -0.15) is 0 Å². The predicted octanol–water partition coefficient (Wildman–Crippen LogP) is 2.63. The Balaban J connectivity index is 1.41. The first-order chi connectivity index (χ1) is 12.2. The number of nitrogens with zero attached hydrogens (tertiary/aromatic N) is 2. The van der Waals surface area contributed by atoms with Crippen LogP contribution < -0.4 is 10.1 Å². The molecular formula is C20H25N3O2. The molecule has 2 heterocycles. The summed E-state index contributed by atoms with van der Waals surface area (Å²) < 4.78 is 5.69. The summed E-state index contributed by atoms with van der Waals surface area (Å²) in [5.74, 6) is 0.672. The van der Waals surface area contributed by atoms with Gasteiger partial charge in [0, 0.05) is 38.1 Å². The van der Waals surface area contributed by atoms with Gasteiger partial charge < -0.3 is 10.1 Å². The van der Waals surface area contributed by atoms with Gasteiger partial charge in [0.05, 0.1) is 0 Å². The number of hydrogen-bond donors (Lipinski definition) is 1. The van der Waals surface area contributed by atoms with E-state index in [-0.39, 0.29) is 11.9 Å². The molecule has 1 N–H and O–H groups in total. The minimum Gasteiger partial charge on any atom is -0.481 e. The summed E-state index contributed by atoms with van der Waals surface area (Å²) in [7, 11) is 0. The Labute approximate surface area is 149 Å². The summed E-state index contributed by atoms with van der Waals surface area (Å²) in [5, 5.41) is 3.12. The molecule has 1 atom stereocenters. The lowest BCUT2D eigenvalue weighted by molar-refractivity contribution is -0.128. The minimum absolute atomic E-state index is 0.0467. The lowest BCUT2D eigenvalue weighted by atomic mass is 10.0. The topological polar surface area (TPSA) is 54.5 Å². The lowest BCUT2D eigenvalue weighted by Gasteiger charge is -2.32. The highest BCUT2D eigenvalue weighted by Crippen LogP contribution is 2.15. The van der Waals surface area contributed by atoms with Crippen LogP contribution in [0.3, 0.4) is 0 Å². The van der Waals surface area contributed by atoms with Crippen molar-refractivity contribution >= 4 is 5.91 Å². The van der Waals surface area contributed by atoms with Crippen LogP contribution in [0.25, 0.3) is 0 Å². The zero-order valence-corrected chi connectivity index (χ0v) is 14.6. The SMILES string of the molecule is C[C@H](Oc1ccccc1)C(=O)NC1CCN(Cc2cccnc2)CC1. The van der Waals surface area contributed by atoms with E-state index in [1.807, 2.05) is 42.6 Å². The molecule has 25 heavy (non-hydrogen) atoms. The zero-order chi connectivity index (χ0) is 17.5. The maximum atomic E-state index is 12.3. The van der Waals surface area contributed by atoms with Crippen molar-refractivity contribution in [3.63, 3.8) is 0 Å². The maximum Gasteiger partial charge on any atom is 0.260 e. The molecule has 5 nitrogen and oxygen atoms in total. The van der Waals surface area contributed by atoms with Gasteiger partial charge in [0.2, 0.25) is 0 Å². The second-order valence-electron chi connectivity index (χ2n) is 6.49. The van der Waals surface area contributed by atoms with E-state index in [4.69, 9.17) is 4.74 Å². The third kappa shape index (κ3) is 5.29. The Hall–Kier alpha value is -2.40. The number of rotatable bonds is 6. The Kier molecular flexibility index (Phi) is 6.01. The van der Waals surface area contributed by atoms with Crippen molar-refractivity contribution in [2.24, 2.45) is 0 Å². The van der Waals surface area contributed by atoms with Gasteiger partial charge in [-0.15, -0.1) is 0 Å². The monoisotopic (exact) mass is 339 g/mol. The molecule has 1 aliphatic heterocycles. The molecule has 0 spiro atoms. The average molecular weight is 339 g/mol. The van der Waals surface area contributed by atoms with Gasteiger partial charge in [-0.25, -0.2) is 0 Å². The Morgan fingerprint density at radius 3 is 2.68 bits per heavy atom. The number of hydrogen-bond acceptors (Lipinski definition) is 4. The second kappa shape index (κ2) is 8.62. The molecule has 1 aromatic carbocycles. The Morgan fingerprint density at radius 2 is 2.00 bits per heavy atom. The normalized spacial score (nSPS) is 17.0. The van der Waals surface area contributed by atoms with Gasteiger partial charge >= 0.3 is 0 Å². The summed E-state index contributed by atoms with van der Waals surface area (Å²) in [6.07, 6.45) is 5.14. The van der Waals surface area contributed by atoms with Gasteiger partial charge in [-0.3, -0.25) is 14.7 Å². The molecule has 0 radical (unpaired) electrons. The molecule has 0 saturated carbocycles. The highest BCUT2D eigenvalue weighted by atomic mass is 16.5. The van der Waals surface area contributed by atoms with Crippen molar-refractivity contribution < 1.29 is 9.53 Å². The number of pyridine rings is 1. The molecule has 5 heteroatoms. The third-order valence-electron chi connectivity index (χ3n) is 4.49. The van der Waals surface area contributed by atoms with E-state index in [0.717, 1.165) is 38.2 Å². The minimum atomic E-state index is -0.490. The highest BCUT2D eigenvalue weighted by Gasteiger charge is 2.23. The quantitative estimate of drug-likeness (QED) is 0.879. The molecule has 0 bridgehead atoms. The van der Waals surface area contributed by atoms with Crippen LogP contribution >= 0.6 is 0 Å². The number of likely N-dealkylation sites (tertiary alicyclic amines) is 1. The molecule has 1 aromatic heterocycles. The van der Waals surface area contributed by atoms with Crippen LogP contribution in [-0.2, 0) is 11.3 Å². The summed E-state index contributed by atoms with van der Waals surface area (Å²) in [6, 6.07) is 13.7. The number of para-hydroxylation sites is 1. The number of amides is 1. The average Bonchev–Trinajstić information content (AvgIpc) is 2.65. The first-order valence-corrected chi connectivity index (χ1v) is 8.84. The fourth-order valence-corrected chi connectivity index (χ4v) is 3.06. The van der Waals surface area contributed by atoms with Crippen molar-refractivity contribution in [1.82, 2.24) is 15.2 Å². The molecule has 1 aliphatic rings. The van der Waals surface area contributed by atoms with E-state index in [1.165, 1.54) is 5.56 Å². The highest BCUT2D eigenvalue weighted by molar-refractivity contribution is 5.81. The third-order valence-corrected chi connectivity index (χ3v) is 4.49.